The molecular weight excluding hydrogens is 295 g/mol. The molecule has 0 radical (unpaired) electrons. The number of nitrogens with zero attached hydrogens (tertiary/aromatic N) is 1. The monoisotopic (exact) mass is 320 g/mol. The van der Waals surface area contributed by atoms with Crippen LogP contribution in [-0.2, 0) is 11.2 Å². The second-order valence-corrected chi connectivity index (χ2v) is 6.50. The molecule has 1 aliphatic carbocycles. The Morgan fingerprint density at radius 1 is 1.43 bits per heavy atom. The third-order valence-electron chi connectivity index (χ3n) is 4.85. The summed E-state index contributed by atoms with van der Waals surface area (Å²) in [4.78, 5) is 14.4. The van der Waals surface area contributed by atoms with Gasteiger partial charge < -0.3 is 15.0 Å². The standard InChI is InChI=1S/C18H25FN2O2/c1-2-23-12-13-8-9-21(11-13)18(22)20-17-5-3-4-14-10-15(19)6-7-16(14)17/h6-7,10,13,17H,2-5,8-9,11-12H2,1H3,(H,20,22)/t13-,17+/m0/s1. The summed E-state index contributed by atoms with van der Waals surface area (Å²) in [5.74, 6) is 0.238. The van der Waals surface area contributed by atoms with Gasteiger partial charge >= 0.3 is 6.03 Å². The Balaban J connectivity index is 1.59. The van der Waals surface area contributed by atoms with E-state index in [1.165, 1.54) is 6.07 Å². The van der Waals surface area contributed by atoms with Gasteiger partial charge in [-0.15, -0.1) is 0 Å². The minimum Gasteiger partial charge on any atom is -0.381 e. The fourth-order valence-electron chi connectivity index (χ4n) is 3.61. The van der Waals surface area contributed by atoms with Crippen molar-refractivity contribution < 1.29 is 13.9 Å². The lowest BCUT2D eigenvalue weighted by molar-refractivity contribution is 0.113. The fraction of sp³-hybridized carbons (Fsp3) is 0.611. The average Bonchev–Trinajstić information content (AvgIpc) is 3.02. The topological polar surface area (TPSA) is 41.6 Å². The normalized spacial score (nSPS) is 23.7. The lowest BCUT2D eigenvalue weighted by atomic mass is 9.87. The molecule has 1 fully saturated rings. The predicted molar refractivity (Wildman–Crippen MR) is 86.8 cm³/mol. The second kappa shape index (κ2) is 7.30. The molecule has 0 unspecified atom stereocenters. The molecule has 1 saturated heterocycles. The summed E-state index contributed by atoms with van der Waals surface area (Å²) < 4.78 is 18.8. The number of likely N-dealkylation sites (tertiary alicyclic amines) is 1. The number of amides is 2. The highest BCUT2D eigenvalue weighted by atomic mass is 19.1. The molecule has 1 N–H and O–H groups in total. The van der Waals surface area contributed by atoms with E-state index >= 15 is 0 Å². The van der Waals surface area contributed by atoms with Crippen molar-refractivity contribution in [2.45, 2.75) is 38.6 Å². The van der Waals surface area contributed by atoms with Crippen molar-refractivity contribution in [2.24, 2.45) is 5.92 Å². The third-order valence-corrected chi connectivity index (χ3v) is 4.85. The summed E-state index contributed by atoms with van der Waals surface area (Å²) in [7, 11) is 0. The van der Waals surface area contributed by atoms with Gasteiger partial charge in [0.2, 0.25) is 0 Å². The summed E-state index contributed by atoms with van der Waals surface area (Å²) in [6.07, 6.45) is 3.79. The van der Waals surface area contributed by atoms with E-state index in [4.69, 9.17) is 4.74 Å². The van der Waals surface area contributed by atoms with Gasteiger partial charge in [-0.1, -0.05) is 6.07 Å². The van der Waals surface area contributed by atoms with Gasteiger partial charge in [0.05, 0.1) is 12.6 Å². The molecule has 1 aromatic carbocycles. The molecule has 126 valence electrons. The van der Waals surface area contributed by atoms with Gasteiger partial charge in [0, 0.05) is 25.6 Å². The summed E-state index contributed by atoms with van der Waals surface area (Å²) >= 11 is 0. The summed E-state index contributed by atoms with van der Waals surface area (Å²) in [5.41, 5.74) is 2.09. The highest BCUT2D eigenvalue weighted by molar-refractivity contribution is 5.75. The van der Waals surface area contributed by atoms with Crippen LogP contribution in [0.5, 0.6) is 0 Å². The number of halogens is 1. The van der Waals surface area contributed by atoms with Crippen LogP contribution in [0.2, 0.25) is 0 Å². The first-order chi connectivity index (χ1) is 11.2. The minimum absolute atomic E-state index is 0.00204. The molecule has 2 aliphatic rings. The predicted octanol–water partition coefficient (Wildman–Crippen LogP) is 3.27. The van der Waals surface area contributed by atoms with E-state index in [2.05, 4.69) is 5.32 Å². The van der Waals surface area contributed by atoms with Crippen LogP contribution >= 0.6 is 0 Å². The maximum Gasteiger partial charge on any atom is 0.317 e. The number of hydrogen-bond donors (Lipinski definition) is 1. The number of rotatable bonds is 4. The Labute approximate surface area is 137 Å². The average molecular weight is 320 g/mol. The van der Waals surface area contributed by atoms with Crippen LogP contribution in [0.15, 0.2) is 18.2 Å². The summed E-state index contributed by atoms with van der Waals surface area (Å²) in [6, 6.07) is 4.89. The van der Waals surface area contributed by atoms with Crippen LogP contribution in [0, 0.1) is 11.7 Å². The van der Waals surface area contributed by atoms with Crippen LogP contribution in [0.4, 0.5) is 9.18 Å². The smallest absolute Gasteiger partial charge is 0.317 e. The van der Waals surface area contributed by atoms with E-state index < -0.39 is 0 Å². The van der Waals surface area contributed by atoms with Gasteiger partial charge in [-0.3, -0.25) is 0 Å². The van der Waals surface area contributed by atoms with Crippen LogP contribution in [-0.4, -0.2) is 37.2 Å². The Kier molecular flexibility index (Phi) is 5.16. The van der Waals surface area contributed by atoms with E-state index in [0.29, 0.717) is 5.92 Å². The minimum atomic E-state index is -0.200. The van der Waals surface area contributed by atoms with E-state index in [1.807, 2.05) is 17.9 Å². The number of carbonyl (C=O) groups is 1. The molecule has 1 aliphatic heterocycles. The molecule has 4 nitrogen and oxygen atoms in total. The van der Waals surface area contributed by atoms with Crippen molar-refractivity contribution in [3.8, 4) is 0 Å². The Morgan fingerprint density at radius 3 is 3.13 bits per heavy atom. The number of carbonyl (C=O) groups excluding carboxylic acids is 1. The van der Waals surface area contributed by atoms with E-state index in [-0.39, 0.29) is 17.9 Å². The second-order valence-electron chi connectivity index (χ2n) is 6.50. The van der Waals surface area contributed by atoms with Crippen LogP contribution in [0.1, 0.15) is 43.4 Å². The number of nitrogens with one attached hydrogen (secondary N) is 1. The fourth-order valence-corrected chi connectivity index (χ4v) is 3.61. The summed E-state index contributed by atoms with van der Waals surface area (Å²) in [5, 5.41) is 3.14. The number of ether oxygens (including phenoxy) is 1. The van der Waals surface area contributed by atoms with Crippen molar-refractivity contribution in [3.63, 3.8) is 0 Å². The first kappa shape index (κ1) is 16.2. The molecule has 2 atom stereocenters. The molecule has 23 heavy (non-hydrogen) atoms. The van der Waals surface area contributed by atoms with Gasteiger partial charge in [-0.05, 0) is 55.9 Å². The number of benzene rings is 1. The van der Waals surface area contributed by atoms with E-state index in [1.54, 1.807) is 6.07 Å². The van der Waals surface area contributed by atoms with Crippen molar-refractivity contribution >= 4 is 6.03 Å². The molecule has 0 spiro atoms. The van der Waals surface area contributed by atoms with E-state index in [9.17, 15) is 9.18 Å². The molecule has 1 heterocycles. The molecule has 0 saturated carbocycles. The van der Waals surface area contributed by atoms with Crippen LogP contribution < -0.4 is 5.32 Å². The van der Waals surface area contributed by atoms with Crippen molar-refractivity contribution in [1.82, 2.24) is 10.2 Å². The zero-order valence-corrected chi connectivity index (χ0v) is 13.7. The maximum absolute atomic E-state index is 13.4. The van der Waals surface area contributed by atoms with Gasteiger partial charge in [0.15, 0.2) is 0 Å². The highest BCUT2D eigenvalue weighted by Crippen LogP contribution is 2.30. The molecule has 0 bridgehead atoms. The van der Waals surface area contributed by atoms with Crippen LogP contribution in [0.3, 0.4) is 0 Å². The SMILES string of the molecule is CCOC[C@H]1CCN(C(=O)N[C@@H]2CCCc3cc(F)ccc32)C1. The largest absolute Gasteiger partial charge is 0.381 e. The number of fused-ring (bicyclic) bond motifs is 1. The van der Waals surface area contributed by atoms with Crippen molar-refractivity contribution in [3.05, 3.63) is 35.1 Å². The molecule has 2 amide bonds. The number of hydrogen-bond acceptors (Lipinski definition) is 2. The first-order valence-electron chi connectivity index (χ1n) is 8.59. The Bertz CT molecular complexity index is 564. The summed E-state index contributed by atoms with van der Waals surface area (Å²) in [6.45, 7) is 4.98. The number of urea groups is 1. The third kappa shape index (κ3) is 3.83. The zero-order chi connectivity index (χ0) is 16.2. The van der Waals surface area contributed by atoms with Gasteiger partial charge in [0.1, 0.15) is 5.82 Å². The molecule has 3 rings (SSSR count). The maximum atomic E-state index is 13.4. The highest BCUT2D eigenvalue weighted by Gasteiger charge is 2.29. The molecular formula is C18H25FN2O2. The number of aryl methyl sites for hydroxylation is 1. The molecule has 5 heteroatoms. The first-order valence-corrected chi connectivity index (χ1v) is 8.59. The van der Waals surface area contributed by atoms with Gasteiger partial charge in [-0.2, -0.15) is 0 Å². The zero-order valence-electron chi connectivity index (χ0n) is 13.7. The Morgan fingerprint density at radius 2 is 2.30 bits per heavy atom. The van der Waals surface area contributed by atoms with Crippen LogP contribution in [0.25, 0.3) is 0 Å². The van der Waals surface area contributed by atoms with Crippen molar-refractivity contribution in [2.75, 3.05) is 26.3 Å². The molecule has 1 aromatic rings. The van der Waals surface area contributed by atoms with Gasteiger partial charge in [-0.25, -0.2) is 9.18 Å². The lowest BCUT2D eigenvalue weighted by Crippen LogP contribution is -2.41. The quantitative estimate of drug-likeness (QED) is 0.925. The van der Waals surface area contributed by atoms with Gasteiger partial charge in [0.25, 0.3) is 0 Å². The molecule has 0 aromatic heterocycles. The van der Waals surface area contributed by atoms with E-state index in [0.717, 1.165) is 63.1 Å². The lowest BCUT2D eigenvalue weighted by Gasteiger charge is -2.28. The Hall–Kier alpha value is -1.62. The van der Waals surface area contributed by atoms with Crippen molar-refractivity contribution in [1.29, 1.82) is 0 Å².